The highest BCUT2D eigenvalue weighted by atomic mass is 35.5. The second-order valence-corrected chi connectivity index (χ2v) is 5.46. The quantitative estimate of drug-likeness (QED) is 0.741. The Morgan fingerprint density at radius 2 is 1.47 bits per heavy atom. The van der Waals surface area contributed by atoms with Crippen LogP contribution < -0.4 is 9.64 Å². The third kappa shape index (κ3) is 3.47. The largest absolute Gasteiger partial charge is 0.454 e. The fourth-order valence-electron chi connectivity index (χ4n) is 1.60. The smallest absolute Gasteiger partial charge is 0.150 e. The summed E-state index contributed by atoms with van der Waals surface area (Å²) in [6.07, 6.45) is 0. The average Bonchev–Trinajstić information content (AvgIpc) is 2.35. The van der Waals surface area contributed by atoms with Crippen molar-refractivity contribution in [2.45, 2.75) is 0 Å². The Labute approximate surface area is 127 Å². The highest BCUT2D eigenvalue weighted by Crippen LogP contribution is 2.37. The van der Waals surface area contributed by atoms with Crippen LogP contribution in [0.4, 0.5) is 5.69 Å². The van der Waals surface area contributed by atoms with Gasteiger partial charge in [0.1, 0.15) is 5.75 Å². The summed E-state index contributed by atoms with van der Waals surface area (Å²) in [5.74, 6) is 1.18. The first-order chi connectivity index (χ1) is 8.97. The number of hydrogen-bond donors (Lipinski definition) is 0. The summed E-state index contributed by atoms with van der Waals surface area (Å²) in [7, 11) is 3.83. The van der Waals surface area contributed by atoms with Crippen molar-refractivity contribution >= 4 is 40.5 Å². The lowest BCUT2D eigenvalue weighted by molar-refractivity contribution is 0.483. The Hall–Kier alpha value is -1.09. The van der Waals surface area contributed by atoms with E-state index in [9.17, 15) is 0 Å². The Morgan fingerprint density at radius 1 is 0.842 bits per heavy atom. The topological polar surface area (TPSA) is 12.5 Å². The zero-order chi connectivity index (χ0) is 14.0. The first-order valence-corrected chi connectivity index (χ1v) is 6.70. The summed E-state index contributed by atoms with van der Waals surface area (Å²) in [6, 6.07) is 10.5. The van der Waals surface area contributed by atoms with Crippen molar-refractivity contribution in [3.8, 4) is 11.5 Å². The van der Waals surface area contributed by atoms with Crippen molar-refractivity contribution < 1.29 is 4.74 Å². The second-order valence-electron chi connectivity index (χ2n) is 4.18. The molecular formula is C14H12Cl3NO. The van der Waals surface area contributed by atoms with Crippen LogP contribution in [0, 0.1) is 0 Å². The van der Waals surface area contributed by atoms with Crippen LogP contribution in [-0.4, -0.2) is 14.1 Å². The molecule has 0 amide bonds. The first kappa shape index (κ1) is 14.3. The maximum Gasteiger partial charge on any atom is 0.150 e. The van der Waals surface area contributed by atoms with E-state index in [1.165, 1.54) is 0 Å². The van der Waals surface area contributed by atoms with Gasteiger partial charge in [-0.1, -0.05) is 34.8 Å². The molecule has 0 bridgehead atoms. The fraction of sp³-hybridized carbons (Fsp3) is 0.143. The van der Waals surface area contributed by atoms with Gasteiger partial charge in [-0.25, -0.2) is 0 Å². The maximum atomic E-state index is 6.09. The van der Waals surface area contributed by atoms with Crippen LogP contribution in [0.3, 0.4) is 0 Å². The highest BCUT2D eigenvalue weighted by Gasteiger charge is 2.10. The molecular weight excluding hydrogens is 305 g/mol. The monoisotopic (exact) mass is 315 g/mol. The van der Waals surface area contributed by atoms with E-state index >= 15 is 0 Å². The first-order valence-electron chi connectivity index (χ1n) is 5.57. The molecule has 0 aromatic heterocycles. The standard InChI is InChI=1S/C14H12Cl3NO/c1-18(2)12-7-9(15)4-6-13(12)19-14-8-10(16)3-5-11(14)17/h3-8H,1-2H3. The van der Waals surface area contributed by atoms with Crippen LogP contribution in [0.5, 0.6) is 11.5 Å². The van der Waals surface area contributed by atoms with Crippen molar-refractivity contribution in [3.05, 3.63) is 51.5 Å². The number of benzene rings is 2. The molecule has 2 rings (SSSR count). The molecule has 2 nitrogen and oxygen atoms in total. The summed E-state index contributed by atoms with van der Waals surface area (Å²) >= 11 is 18.0. The van der Waals surface area contributed by atoms with E-state index in [2.05, 4.69) is 0 Å². The number of nitrogens with zero attached hydrogens (tertiary/aromatic N) is 1. The average molecular weight is 317 g/mol. The van der Waals surface area contributed by atoms with Crippen LogP contribution in [0.25, 0.3) is 0 Å². The van der Waals surface area contributed by atoms with Crippen molar-refractivity contribution in [2.24, 2.45) is 0 Å². The Bertz CT molecular complexity index is 599. The predicted molar refractivity (Wildman–Crippen MR) is 82.3 cm³/mol. The van der Waals surface area contributed by atoms with Gasteiger partial charge in [-0.05, 0) is 30.3 Å². The molecule has 0 aliphatic heterocycles. The summed E-state index contributed by atoms with van der Waals surface area (Å²) in [6.45, 7) is 0. The fourth-order valence-corrected chi connectivity index (χ4v) is 2.08. The molecule has 0 fully saturated rings. The van der Waals surface area contributed by atoms with Gasteiger partial charge in [-0.2, -0.15) is 0 Å². The van der Waals surface area contributed by atoms with E-state index in [0.717, 1.165) is 5.69 Å². The van der Waals surface area contributed by atoms with Crippen LogP contribution >= 0.6 is 34.8 Å². The summed E-state index contributed by atoms with van der Waals surface area (Å²) in [5, 5.41) is 1.72. The zero-order valence-corrected chi connectivity index (χ0v) is 12.7. The molecule has 0 N–H and O–H groups in total. The molecule has 100 valence electrons. The number of ether oxygens (including phenoxy) is 1. The summed E-state index contributed by atoms with van der Waals surface area (Å²) < 4.78 is 5.82. The van der Waals surface area contributed by atoms with E-state index in [1.54, 1.807) is 30.3 Å². The van der Waals surface area contributed by atoms with Gasteiger partial charge in [0.15, 0.2) is 5.75 Å². The second kappa shape index (κ2) is 5.91. The number of rotatable bonds is 3. The molecule has 0 atom stereocenters. The molecule has 2 aromatic carbocycles. The lowest BCUT2D eigenvalue weighted by Crippen LogP contribution is -2.09. The van der Waals surface area contributed by atoms with Gasteiger partial charge in [0, 0.05) is 30.2 Å². The van der Waals surface area contributed by atoms with Gasteiger partial charge < -0.3 is 9.64 Å². The van der Waals surface area contributed by atoms with Crippen LogP contribution in [-0.2, 0) is 0 Å². The van der Waals surface area contributed by atoms with Gasteiger partial charge in [0.25, 0.3) is 0 Å². The number of halogens is 3. The van der Waals surface area contributed by atoms with Crippen molar-refractivity contribution in [3.63, 3.8) is 0 Å². The molecule has 2 aromatic rings. The van der Waals surface area contributed by atoms with Crippen LogP contribution in [0.15, 0.2) is 36.4 Å². The third-order valence-corrected chi connectivity index (χ3v) is 3.30. The van der Waals surface area contributed by atoms with Gasteiger partial charge in [-0.3, -0.25) is 0 Å². The molecule has 0 heterocycles. The van der Waals surface area contributed by atoms with Gasteiger partial charge in [0.05, 0.1) is 10.7 Å². The Morgan fingerprint density at radius 3 is 2.16 bits per heavy atom. The molecule has 0 radical (unpaired) electrons. The Balaban J connectivity index is 2.40. The normalized spacial score (nSPS) is 10.4. The van der Waals surface area contributed by atoms with E-state index in [0.29, 0.717) is 26.6 Å². The molecule has 0 aliphatic rings. The van der Waals surface area contributed by atoms with Gasteiger partial charge in [-0.15, -0.1) is 0 Å². The highest BCUT2D eigenvalue weighted by molar-refractivity contribution is 6.34. The molecule has 5 heteroatoms. The van der Waals surface area contributed by atoms with Gasteiger partial charge >= 0.3 is 0 Å². The van der Waals surface area contributed by atoms with E-state index in [4.69, 9.17) is 39.5 Å². The lowest BCUT2D eigenvalue weighted by Gasteiger charge is -2.18. The third-order valence-electron chi connectivity index (χ3n) is 2.52. The van der Waals surface area contributed by atoms with E-state index in [1.807, 2.05) is 25.1 Å². The SMILES string of the molecule is CN(C)c1cc(Cl)ccc1Oc1cc(Cl)ccc1Cl. The summed E-state index contributed by atoms with van der Waals surface area (Å²) in [5.41, 5.74) is 0.864. The van der Waals surface area contributed by atoms with E-state index in [-0.39, 0.29) is 0 Å². The lowest BCUT2D eigenvalue weighted by atomic mass is 10.2. The molecule has 0 aliphatic carbocycles. The maximum absolute atomic E-state index is 6.09. The minimum Gasteiger partial charge on any atom is -0.454 e. The van der Waals surface area contributed by atoms with Crippen LogP contribution in [0.1, 0.15) is 0 Å². The molecule has 0 spiro atoms. The van der Waals surface area contributed by atoms with Crippen molar-refractivity contribution in [2.75, 3.05) is 19.0 Å². The molecule has 0 unspecified atom stereocenters. The minimum absolute atomic E-state index is 0.504. The molecule has 0 saturated heterocycles. The number of hydrogen-bond acceptors (Lipinski definition) is 2. The number of anilines is 1. The van der Waals surface area contributed by atoms with Gasteiger partial charge in [0.2, 0.25) is 0 Å². The summed E-state index contributed by atoms with van der Waals surface area (Å²) in [4.78, 5) is 1.92. The predicted octanol–water partition coefficient (Wildman–Crippen LogP) is 5.51. The molecule has 0 saturated carbocycles. The van der Waals surface area contributed by atoms with Crippen molar-refractivity contribution in [1.82, 2.24) is 0 Å². The van der Waals surface area contributed by atoms with Crippen LogP contribution in [0.2, 0.25) is 15.1 Å². The van der Waals surface area contributed by atoms with E-state index < -0.39 is 0 Å². The van der Waals surface area contributed by atoms with Crippen molar-refractivity contribution in [1.29, 1.82) is 0 Å². The Kier molecular flexibility index (Phi) is 4.46. The zero-order valence-electron chi connectivity index (χ0n) is 10.5. The minimum atomic E-state index is 0.504. The molecule has 19 heavy (non-hydrogen) atoms.